The number of rotatable bonds is 5. The maximum Gasteiger partial charge on any atom is 0.151 e. The van der Waals surface area contributed by atoms with Gasteiger partial charge in [-0.2, -0.15) is 0 Å². The molecule has 0 aromatic heterocycles. The lowest BCUT2D eigenvalue weighted by atomic mass is 10.1. The van der Waals surface area contributed by atoms with E-state index in [1.807, 2.05) is 24.3 Å². The van der Waals surface area contributed by atoms with E-state index in [2.05, 4.69) is 4.90 Å². The van der Waals surface area contributed by atoms with E-state index in [-0.39, 0.29) is 5.78 Å². The van der Waals surface area contributed by atoms with Crippen molar-refractivity contribution in [1.29, 1.82) is 0 Å². The minimum Gasteiger partial charge on any atom is -0.497 e. The van der Waals surface area contributed by atoms with Crippen LogP contribution in [0.25, 0.3) is 0 Å². The Bertz CT molecular complexity index is 400. The molecule has 1 heterocycles. The average Bonchev–Trinajstić information content (AvgIpc) is 2.40. The number of benzene rings is 1. The lowest BCUT2D eigenvalue weighted by molar-refractivity contribution is -0.120. The third-order valence-corrected chi connectivity index (χ3v) is 3.04. The lowest BCUT2D eigenvalue weighted by Crippen LogP contribution is -2.39. The SMILES string of the molecule is COc1cccc(CC(=O)CN2CCOCC2)c1. The number of hydrogen-bond donors (Lipinski definition) is 0. The first kappa shape index (κ1) is 13.1. The molecule has 0 atom stereocenters. The molecule has 18 heavy (non-hydrogen) atoms. The minimum atomic E-state index is 0.241. The van der Waals surface area contributed by atoms with Gasteiger partial charge in [-0.1, -0.05) is 12.1 Å². The van der Waals surface area contributed by atoms with Crippen LogP contribution in [0.1, 0.15) is 5.56 Å². The second-order valence-electron chi connectivity index (χ2n) is 4.46. The van der Waals surface area contributed by atoms with Gasteiger partial charge in [0.2, 0.25) is 0 Å². The molecule has 4 nitrogen and oxygen atoms in total. The molecule has 0 aliphatic carbocycles. The van der Waals surface area contributed by atoms with Crippen molar-refractivity contribution in [2.75, 3.05) is 40.0 Å². The van der Waals surface area contributed by atoms with Gasteiger partial charge >= 0.3 is 0 Å². The monoisotopic (exact) mass is 249 g/mol. The summed E-state index contributed by atoms with van der Waals surface area (Å²) in [5.41, 5.74) is 1.01. The number of methoxy groups -OCH3 is 1. The summed E-state index contributed by atoms with van der Waals surface area (Å²) in [6.45, 7) is 3.67. The third-order valence-electron chi connectivity index (χ3n) is 3.04. The van der Waals surface area contributed by atoms with Gasteiger partial charge in [0.05, 0.1) is 26.9 Å². The number of Topliss-reactive ketones (excluding diaryl/α,β-unsaturated/α-hetero) is 1. The Morgan fingerprint density at radius 2 is 2.17 bits per heavy atom. The quantitative estimate of drug-likeness (QED) is 0.784. The Hall–Kier alpha value is -1.39. The second kappa shape index (κ2) is 6.52. The number of hydrogen-bond acceptors (Lipinski definition) is 4. The standard InChI is InChI=1S/C14H19NO3/c1-17-14-4-2-3-12(10-14)9-13(16)11-15-5-7-18-8-6-15/h2-4,10H,5-9,11H2,1H3. The van der Waals surface area contributed by atoms with E-state index in [1.54, 1.807) is 7.11 Å². The van der Waals surface area contributed by atoms with Crippen molar-refractivity contribution in [3.63, 3.8) is 0 Å². The molecule has 1 aliphatic heterocycles. The fraction of sp³-hybridized carbons (Fsp3) is 0.500. The van der Waals surface area contributed by atoms with Crippen molar-refractivity contribution in [3.05, 3.63) is 29.8 Å². The molecule has 1 aliphatic rings. The number of morpholine rings is 1. The predicted octanol–water partition coefficient (Wildman–Crippen LogP) is 1.14. The molecule has 1 saturated heterocycles. The molecular weight excluding hydrogens is 230 g/mol. The summed E-state index contributed by atoms with van der Waals surface area (Å²) in [6.07, 6.45) is 0.467. The summed E-state index contributed by atoms with van der Waals surface area (Å²) < 4.78 is 10.4. The van der Waals surface area contributed by atoms with Gasteiger partial charge in [0, 0.05) is 19.5 Å². The van der Waals surface area contributed by atoms with Crippen molar-refractivity contribution in [2.24, 2.45) is 0 Å². The van der Waals surface area contributed by atoms with Crippen LogP contribution in [0.2, 0.25) is 0 Å². The molecule has 0 bridgehead atoms. The largest absolute Gasteiger partial charge is 0.497 e. The van der Waals surface area contributed by atoms with Crippen molar-refractivity contribution < 1.29 is 14.3 Å². The molecule has 0 saturated carbocycles. The van der Waals surface area contributed by atoms with Crippen LogP contribution in [-0.4, -0.2) is 50.6 Å². The number of carbonyl (C=O) groups is 1. The molecule has 2 rings (SSSR count). The van der Waals surface area contributed by atoms with Crippen molar-refractivity contribution in [1.82, 2.24) is 4.90 Å². The minimum absolute atomic E-state index is 0.241. The summed E-state index contributed by atoms with van der Waals surface area (Å²) in [6, 6.07) is 7.67. The van der Waals surface area contributed by atoms with Gasteiger partial charge in [-0.3, -0.25) is 9.69 Å². The van der Waals surface area contributed by atoms with Crippen LogP contribution in [0.4, 0.5) is 0 Å². The number of ether oxygens (including phenoxy) is 2. The van der Waals surface area contributed by atoms with Crippen molar-refractivity contribution in [2.45, 2.75) is 6.42 Å². The fourth-order valence-electron chi connectivity index (χ4n) is 2.07. The highest BCUT2D eigenvalue weighted by atomic mass is 16.5. The Balaban J connectivity index is 1.85. The first-order valence-corrected chi connectivity index (χ1v) is 6.22. The lowest BCUT2D eigenvalue weighted by Gasteiger charge is -2.25. The third kappa shape index (κ3) is 3.82. The fourth-order valence-corrected chi connectivity index (χ4v) is 2.07. The Morgan fingerprint density at radius 3 is 2.89 bits per heavy atom. The van der Waals surface area contributed by atoms with E-state index in [9.17, 15) is 4.79 Å². The molecule has 0 radical (unpaired) electrons. The molecule has 0 N–H and O–H groups in total. The number of carbonyl (C=O) groups excluding carboxylic acids is 1. The van der Waals surface area contributed by atoms with Crippen LogP contribution in [0.5, 0.6) is 5.75 Å². The summed E-state index contributed by atoms with van der Waals surface area (Å²) in [4.78, 5) is 14.1. The van der Waals surface area contributed by atoms with E-state index in [4.69, 9.17) is 9.47 Å². The first-order chi connectivity index (χ1) is 8.78. The summed E-state index contributed by atoms with van der Waals surface area (Å²) in [5, 5.41) is 0. The maximum atomic E-state index is 12.0. The summed E-state index contributed by atoms with van der Waals surface area (Å²) in [7, 11) is 1.63. The zero-order valence-corrected chi connectivity index (χ0v) is 10.7. The van der Waals surface area contributed by atoms with Crippen LogP contribution in [0, 0.1) is 0 Å². The number of nitrogens with zero attached hydrogens (tertiary/aromatic N) is 1. The van der Waals surface area contributed by atoms with E-state index in [0.717, 1.165) is 37.6 Å². The van der Waals surface area contributed by atoms with Gasteiger partial charge in [-0.25, -0.2) is 0 Å². The molecule has 1 aromatic carbocycles. The molecular formula is C14H19NO3. The molecule has 1 aromatic rings. The zero-order valence-electron chi connectivity index (χ0n) is 10.7. The van der Waals surface area contributed by atoms with Crippen molar-refractivity contribution in [3.8, 4) is 5.75 Å². The van der Waals surface area contributed by atoms with Gasteiger partial charge in [-0.05, 0) is 17.7 Å². The Morgan fingerprint density at radius 1 is 1.39 bits per heavy atom. The van der Waals surface area contributed by atoms with Gasteiger partial charge in [0.1, 0.15) is 5.75 Å². The van der Waals surface area contributed by atoms with E-state index in [1.165, 1.54) is 0 Å². The second-order valence-corrected chi connectivity index (χ2v) is 4.46. The highest BCUT2D eigenvalue weighted by Gasteiger charge is 2.14. The smallest absolute Gasteiger partial charge is 0.151 e. The van der Waals surface area contributed by atoms with E-state index < -0.39 is 0 Å². The van der Waals surface area contributed by atoms with Crippen LogP contribution in [-0.2, 0) is 16.0 Å². The number of ketones is 1. The zero-order chi connectivity index (χ0) is 12.8. The van der Waals surface area contributed by atoms with Crippen LogP contribution in [0.3, 0.4) is 0 Å². The normalized spacial score (nSPS) is 16.5. The van der Waals surface area contributed by atoms with Crippen molar-refractivity contribution >= 4 is 5.78 Å². The van der Waals surface area contributed by atoms with Gasteiger partial charge in [0.25, 0.3) is 0 Å². The van der Waals surface area contributed by atoms with Crippen LogP contribution in [0.15, 0.2) is 24.3 Å². The molecule has 98 valence electrons. The van der Waals surface area contributed by atoms with E-state index >= 15 is 0 Å². The topological polar surface area (TPSA) is 38.8 Å². The maximum absolute atomic E-state index is 12.0. The van der Waals surface area contributed by atoms with Crippen LogP contribution >= 0.6 is 0 Å². The predicted molar refractivity (Wildman–Crippen MR) is 69.0 cm³/mol. The molecule has 0 unspecified atom stereocenters. The van der Waals surface area contributed by atoms with Gasteiger partial charge in [0.15, 0.2) is 5.78 Å². The van der Waals surface area contributed by atoms with Crippen LogP contribution < -0.4 is 4.74 Å². The Kier molecular flexibility index (Phi) is 4.73. The highest BCUT2D eigenvalue weighted by molar-refractivity contribution is 5.82. The van der Waals surface area contributed by atoms with Gasteiger partial charge < -0.3 is 9.47 Å². The molecule has 0 amide bonds. The Labute approximate surface area is 107 Å². The highest BCUT2D eigenvalue weighted by Crippen LogP contribution is 2.13. The van der Waals surface area contributed by atoms with E-state index in [0.29, 0.717) is 13.0 Å². The first-order valence-electron chi connectivity index (χ1n) is 6.22. The average molecular weight is 249 g/mol. The molecule has 4 heteroatoms. The van der Waals surface area contributed by atoms with Gasteiger partial charge in [-0.15, -0.1) is 0 Å². The summed E-state index contributed by atoms with van der Waals surface area (Å²) >= 11 is 0. The molecule has 0 spiro atoms. The summed E-state index contributed by atoms with van der Waals surface area (Å²) in [5.74, 6) is 1.04. The molecule has 1 fully saturated rings.